The van der Waals surface area contributed by atoms with Gasteiger partial charge < -0.3 is 11.1 Å². The molecular formula is C20H18N4OS. The molecule has 0 saturated heterocycles. The Morgan fingerprint density at radius 3 is 2.69 bits per heavy atom. The van der Waals surface area contributed by atoms with Crippen LogP contribution in [0.15, 0.2) is 66.3 Å². The Balaban J connectivity index is 1.47. The lowest BCUT2D eigenvalue weighted by atomic mass is 10.1. The van der Waals surface area contributed by atoms with Crippen LogP contribution >= 0.6 is 11.3 Å². The maximum absolute atomic E-state index is 12.4. The average molecular weight is 362 g/mol. The van der Waals surface area contributed by atoms with E-state index in [4.69, 9.17) is 5.73 Å². The fourth-order valence-electron chi connectivity index (χ4n) is 2.80. The van der Waals surface area contributed by atoms with Crippen molar-refractivity contribution >= 4 is 28.3 Å². The van der Waals surface area contributed by atoms with Crippen molar-refractivity contribution in [3.63, 3.8) is 0 Å². The molecule has 0 atom stereocenters. The quantitative estimate of drug-likeness (QED) is 0.571. The summed E-state index contributed by atoms with van der Waals surface area (Å²) >= 11 is 1.43. The Kier molecular flexibility index (Phi) is 4.51. The Bertz CT molecular complexity index is 1050. The minimum atomic E-state index is -0.0754. The zero-order chi connectivity index (χ0) is 17.9. The minimum absolute atomic E-state index is 0.0754. The number of imidazole rings is 1. The summed E-state index contributed by atoms with van der Waals surface area (Å²) in [4.78, 5) is 17.5. The number of nitrogens with two attached hydrogens (primary N) is 1. The third-order valence-electron chi connectivity index (χ3n) is 4.25. The summed E-state index contributed by atoms with van der Waals surface area (Å²) in [7, 11) is 0. The van der Waals surface area contributed by atoms with Gasteiger partial charge in [0.25, 0.3) is 5.91 Å². The molecule has 4 aromatic rings. The molecule has 0 unspecified atom stereocenters. The lowest BCUT2D eigenvalue weighted by Crippen LogP contribution is -2.21. The average Bonchev–Trinajstić information content (AvgIpc) is 3.33. The third kappa shape index (κ3) is 3.24. The van der Waals surface area contributed by atoms with Gasteiger partial charge in [-0.1, -0.05) is 36.4 Å². The second-order valence-corrected chi connectivity index (χ2v) is 6.89. The molecule has 0 bridgehead atoms. The van der Waals surface area contributed by atoms with Crippen LogP contribution in [-0.2, 0) is 13.1 Å². The van der Waals surface area contributed by atoms with Crippen LogP contribution in [0.4, 0.5) is 0 Å². The Labute approximate surface area is 155 Å². The second-order valence-electron chi connectivity index (χ2n) is 5.98. The summed E-state index contributed by atoms with van der Waals surface area (Å²) in [5.74, 6) is -0.0754. The lowest BCUT2D eigenvalue weighted by Gasteiger charge is -2.05. The molecule has 2 aromatic carbocycles. The molecule has 0 saturated carbocycles. The number of nitrogens with one attached hydrogen (secondary N) is 1. The monoisotopic (exact) mass is 362 g/mol. The van der Waals surface area contributed by atoms with Crippen LogP contribution in [0, 0.1) is 0 Å². The van der Waals surface area contributed by atoms with Crippen LogP contribution in [-0.4, -0.2) is 15.5 Å². The number of rotatable bonds is 5. The highest BCUT2D eigenvalue weighted by Crippen LogP contribution is 2.23. The van der Waals surface area contributed by atoms with E-state index in [1.54, 1.807) is 6.33 Å². The molecule has 1 amide bonds. The second kappa shape index (κ2) is 7.11. The smallest absolute Gasteiger partial charge is 0.261 e. The van der Waals surface area contributed by atoms with Crippen molar-refractivity contribution in [2.75, 3.05) is 0 Å². The lowest BCUT2D eigenvalue weighted by molar-refractivity contribution is 0.0955. The van der Waals surface area contributed by atoms with Crippen LogP contribution in [0.3, 0.4) is 0 Å². The Morgan fingerprint density at radius 1 is 1.12 bits per heavy atom. The zero-order valence-electron chi connectivity index (χ0n) is 14.1. The van der Waals surface area contributed by atoms with Crippen molar-refractivity contribution in [1.82, 2.24) is 14.9 Å². The van der Waals surface area contributed by atoms with Crippen molar-refractivity contribution < 1.29 is 4.79 Å². The fourth-order valence-corrected chi connectivity index (χ4v) is 3.60. The number of hydrogen-bond acceptors (Lipinski definition) is 4. The maximum atomic E-state index is 12.4. The molecule has 6 heteroatoms. The van der Waals surface area contributed by atoms with E-state index in [1.807, 2.05) is 64.5 Å². The number of carbonyl (C=O) groups excluding carboxylic acids is 1. The first-order valence-corrected chi connectivity index (χ1v) is 9.19. The van der Waals surface area contributed by atoms with E-state index in [9.17, 15) is 4.79 Å². The van der Waals surface area contributed by atoms with Gasteiger partial charge in [0.05, 0.1) is 21.6 Å². The van der Waals surface area contributed by atoms with E-state index >= 15 is 0 Å². The van der Waals surface area contributed by atoms with E-state index in [2.05, 4.69) is 10.3 Å². The normalized spacial score (nSPS) is 11.0. The van der Waals surface area contributed by atoms with Gasteiger partial charge in [-0.15, -0.1) is 11.3 Å². The summed E-state index contributed by atoms with van der Waals surface area (Å²) in [6, 6.07) is 17.8. The highest BCUT2D eigenvalue weighted by Gasteiger charge is 2.11. The number of amides is 1. The SMILES string of the molecule is NCc1ccc(CNC(=O)c2cc(-n3cnc4ccccc43)cs2)cc1. The van der Waals surface area contributed by atoms with E-state index in [1.165, 1.54) is 11.3 Å². The van der Waals surface area contributed by atoms with Crippen molar-refractivity contribution in [1.29, 1.82) is 0 Å². The van der Waals surface area contributed by atoms with Gasteiger partial charge in [0.15, 0.2) is 0 Å². The first-order valence-electron chi connectivity index (χ1n) is 8.31. The van der Waals surface area contributed by atoms with Gasteiger partial charge in [0.2, 0.25) is 0 Å². The van der Waals surface area contributed by atoms with Gasteiger partial charge in [0, 0.05) is 18.5 Å². The van der Waals surface area contributed by atoms with Gasteiger partial charge in [0.1, 0.15) is 6.33 Å². The topological polar surface area (TPSA) is 72.9 Å². The number of aromatic nitrogens is 2. The number of fused-ring (bicyclic) bond motifs is 1. The zero-order valence-corrected chi connectivity index (χ0v) is 14.9. The number of nitrogens with zero attached hydrogens (tertiary/aromatic N) is 2. The number of thiophene rings is 1. The molecule has 2 aromatic heterocycles. The molecule has 0 radical (unpaired) electrons. The number of para-hydroxylation sites is 2. The molecule has 4 rings (SSSR count). The Morgan fingerprint density at radius 2 is 1.88 bits per heavy atom. The molecule has 0 aliphatic rings. The van der Waals surface area contributed by atoms with E-state index < -0.39 is 0 Å². The fraction of sp³-hybridized carbons (Fsp3) is 0.100. The van der Waals surface area contributed by atoms with E-state index in [-0.39, 0.29) is 5.91 Å². The van der Waals surface area contributed by atoms with E-state index in [0.717, 1.165) is 27.8 Å². The summed E-state index contributed by atoms with van der Waals surface area (Å²) in [6.07, 6.45) is 1.79. The molecular weight excluding hydrogens is 344 g/mol. The first-order chi connectivity index (χ1) is 12.7. The van der Waals surface area contributed by atoms with Crippen LogP contribution < -0.4 is 11.1 Å². The first kappa shape index (κ1) is 16.5. The largest absolute Gasteiger partial charge is 0.347 e. The summed E-state index contributed by atoms with van der Waals surface area (Å²) in [5, 5.41) is 4.94. The van der Waals surface area contributed by atoms with Crippen LogP contribution in [0.25, 0.3) is 16.7 Å². The molecule has 26 heavy (non-hydrogen) atoms. The minimum Gasteiger partial charge on any atom is -0.347 e. The molecule has 2 heterocycles. The molecule has 5 nitrogen and oxygen atoms in total. The third-order valence-corrected chi connectivity index (χ3v) is 5.17. The summed E-state index contributed by atoms with van der Waals surface area (Å²) < 4.78 is 1.99. The van der Waals surface area contributed by atoms with Gasteiger partial charge >= 0.3 is 0 Å². The number of benzene rings is 2. The predicted molar refractivity (Wildman–Crippen MR) is 104 cm³/mol. The molecule has 0 aliphatic heterocycles. The van der Waals surface area contributed by atoms with E-state index in [0.29, 0.717) is 18.0 Å². The highest BCUT2D eigenvalue weighted by molar-refractivity contribution is 7.12. The van der Waals surface area contributed by atoms with Gasteiger partial charge in [-0.2, -0.15) is 0 Å². The summed E-state index contributed by atoms with van der Waals surface area (Å²) in [6.45, 7) is 1.01. The highest BCUT2D eigenvalue weighted by atomic mass is 32.1. The molecule has 0 fully saturated rings. The predicted octanol–water partition coefficient (Wildman–Crippen LogP) is 3.48. The van der Waals surface area contributed by atoms with Crippen molar-refractivity contribution in [3.05, 3.63) is 82.3 Å². The van der Waals surface area contributed by atoms with Crippen LogP contribution in [0.2, 0.25) is 0 Å². The van der Waals surface area contributed by atoms with Crippen molar-refractivity contribution in [3.8, 4) is 5.69 Å². The van der Waals surface area contributed by atoms with Crippen molar-refractivity contribution in [2.45, 2.75) is 13.1 Å². The standard InChI is InChI=1S/C20H18N4OS/c21-10-14-5-7-15(8-6-14)11-22-20(25)19-9-16(12-26-19)24-13-23-17-3-1-2-4-18(17)24/h1-9,12-13H,10-11,21H2,(H,22,25). The Hall–Kier alpha value is -2.96. The van der Waals surface area contributed by atoms with Gasteiger partial charge in [-0.05, 0) is 29.3 Å². The summed E-state index contributed by atoms with van der Waals surface area (Å²) in [5.41, 5.74) is 10.6. The van der Waals surface area contributed by atoms with Gasteiger partial charge in [-0.3, -0.25) is 9.36 Å². The number of carbonyl (C=O) groups is 1. The van der Waals surface area contributed by atoms with Crippen molar-refractivity contribution in [2.24, 2.45) is 5.73 Å². The molecule has 3 N–H and O–H groups in total. The van der Waals surface area contributed by atoms with Crippen LogP contribution in [0.1, 0.15) is 20.8 Å². The molecule has 0 aliphatic carbocycles. The van der Waals surface area contributed by atoms with Gasteiger partial charge in [-0.25, -0.2) is 4.98 Å². The molecule has 0 spiro atoms. The van der Waals surface area contributed by atoms with Crippen LogP contribution in [0.5, 0.6) is 0 Å². The number of hydrogen-bond donors (Lipinski definition) is 2. The maximum Gasteiger partial charge on any atom is 0.261 e. The molecule has 130 valence electrons.